The van der Waals surface area contributed by atoms with Crippen LogP contribution in [0.25, 0.3) is 0 Å². The van der Waals surface area contributed by atoms with Gasteiger partial charge in [0.2, 0.25) is 0 Å². The van der Waals surface area contributed by atoms with Crippen molar-refractivity contribution in [3.63, 3.8) is 0 Å². The predicted molar refractivity (Wildman–Crippen MR) is 56.1 cm³/mol. The smallest absolute Gasteiger partial charge is 0.339 e. The number of aromatic carboxylic acids is 1. The van der Waals surface area contributed by atoms with Gasteiger partial charge in [-0.3, -0.25) is 0 Å². The Morgan fingerprint density at radius 1 is 1.47 bits per heavy atom. The Morgan fingerprint density at radius 3 is 2.53 bits per heavy atom. The highest BCUT2D eigenvalue weighted by Crippen LogP contribution is 2.35. The van der Waals surface area contributed by atoms with Crippen LogP contribution < -0.4 is 9.47 Å². The number of rotatable bonds is 5. The summed E-state index contributed by atoms with van der Waals surface area (Å²) in [7, 11) is 1.26. The van der Waals surface area contributed by atoms with E-state index in [1.165, 1.54) is 7.11 Å². The van der Waals surface area contributed by atoms with Gasteiger partial charge < -0.3 is 14.6 Å². The molecule has 0 heterocycles. The van der Waals surface area contributed by atoms with E-state index >= 15 is 0 Å². The molecule has 0 saturated carbocycles. The summed E-state index contributed by atoms with van der Waals surface area (Å²) >= 11 is 0. The zero-order valence-corrected chi connectivity index (χ0v) is 9.37. The van der Waals surface area contributed by atoms with Crippen LogP contribution in [-0.4, -0.2) is 24.8 Å². The van der Waals surface area contributed by atoms with Gasteiger partial charge in [-0.25, -0.2) is 13.6 Å². The Hall–Kier alpha value is -1.85. The quantitative estimate of drug-likeness (QED) is 0.867. The molecule has 1 rings (SSSR count). The molecule has 17 heavy (non-hydrogen) atoms. The van der Waals surface area contributed by atoms with Gasteiger partial charge in [0.15, 0.2) is 11.5 Å². The SMILES string of the molecule is CCOc1cc(C(F)F)cc(C(=O)O)c1OC. The standard InChI is InChI=1S/C11H12F2O4/c1-3-17-8-5-6(10(12)13)4-7(11(14)15)9(8)16-2/h4-5,10H,3H2,1-2H3,(H,14,15). The molecule has 0 aliphatic rings. The molecule has 0 saturated heterocycles. The summed E-state index contributed by atoms with van der Waals surface area (Å²) < 4.78 is 35.1. The molecule has 0 amide bonds. The van der Waals surface area contributed by atoms with Crippen molar-refractivity contribution in [1.29, 1.82) is 0 Å². The fraction of sp³-hybridized carbons (Fsp3) is 0.364. The first-order chi connectivity index (χ1) is 8.01. The molecule has 1 N–H and O–H groups in total. The van der Waals surface area contributed by atoms with Crippen LogP contribution in [0.5, 0.6) is 11.5 Å². The molecule has 0 fully saturated rings. The molecule has 0 unspecified atom stereocenters. The van der Waals surface area contributed by atoms with E-state index < -0.39 is 18.0 Å². The van der Waals surface area contributed by atoms with Crippen LogP contribution >= 0.6 is 0 Å². The number of halogens is 2. The lowest BCUT2D eigenvalue weighted by atomic mass is 10.1. The molecule has 6 heteroatoms. The van der Waals surface area contributed by atoms with Crippen molar-refractivity contribution in [3.8, 4) is 11.5 Å². The summed E-state index contributed by atoms with van der Waals surface area (Å²) in [5.41, 5.74) is -0.750. The van der Waals surface area contributed by atoms with E-state index in [-0.39, 0.29) is 23.7 Å². The first-order valence-corrected chi connectivity index (χ1v) is 4.87. The Balaban J connectivity index is 3.39. The first-order valence-electron chi connectivity index (χ1n) is 4.87. The van der Waals surface area contributed by atoms with E-state index in [2.05, 4.69) is 0 Å². The van der Waals surface area contributed by atoms with Crippen LogP contribution in [0, 0.1) is 0 Å². The third-order valence-electron chi connectivity index (χ3n) is 2.06. The minimum absolute atomic E-state index is 0.00481. The van der Waals surface area contributed by atoms with Gasteiger partial charge in [-0.05, 0) is 19.1 Å². The third kappa shape index (κ3) is 2.83. The average Bonchev–Trinajstić information content (AvgIpc) is 2.28. The maximum Gasteiger partial charge on any atom is 0.339 e. The summed E-state index contributed by atoms with van der Waals surface area (Å²) in [5.74, 6) is -1.39. The van der Waals surface area contributed by atoms with Gasteiger partial charge in [0.25, 0.3) is 6.43 Å². The second kappa shape index (κ2) is 5.47. The molecule has 94 valence electrons. The van der Waals surface area contributed by atoms with Gasteiger partial charge in [-0.1, -0.05) is 0 Å². The number of ether oxygens (including phenoxy) is 2. The highest BCUT2D eigenvalue weighted by Gasteiger charge is 2.21. The molecule has 0 aliphatic carbocycles. The number of carboxylic acids is 1. The molecule has 0 aliphatic heterocycles. The van der Waals surface area contributed by atoms with E-state index in [0.717, 1.165) is 12.1 Å². The maximum absolute atomic E-state index is 12.6. The molecular weight excluding hydrogens is 234 g/mol. The number of methoxy groups -OCH3 is 1. The highest BCUT2D eigenvalue weighted by atomic mass is 19.3. The van der Waals surface area contributed by atoms with Gasteiger partial charge in [-0.2, -0.15) is 0 Å². The fourth-order valence-electron chi connectivity index (χ4n) is 1.38. The molecule has 0 radical (unpaired) electrons. The molecular formula is C11H12F2O4. The Bertz CT molecular complexity index is 418. The molecule has 4 nitrogen and oxygen atoms in total. The molecule has 0 spiro atoms. The molecule has 0 bridgehead atoms. The van der Waals surface area contributed by atoms with Crippen molar-refractivity contribution in [2.75, 3.05) is 13.7 Å². The Kier molecular flexibility index (Phi) is 4.25. The molecule has 1 aromatic carbocycles. The molecule has 0 aromatic heterocycles. The summed E-state index contributed by atoms with van der Waals surface area (Å²) in [6, 6.07) is 1.97. The highest BCUT2D eigenvalue weighted by molar-refractivity contribution is 5.92. The van der Waals surface area contributed by atoms with Gasteiger partial charge in [0.1, 0.15) is 5.56 Å². The van der Waals surface area contributed by atoms with Crippen LogP contribution in [-0.2, 0) is 0 Å². The van der Waals surface area contributed by atoms with Gasteiger partial charge in [0.05, 0.1) is 13.7 Å². The lowest BCUT2D eigenvalue weighted by molar-refractivity contribution is 0.0691. The minimum Gasteiger partial charge on any atom is -0.492 e. The third-order valence-corrected chi connectivity index (χ3v) is 2.06. The largest absolute Gasteiger partial charge is 0.492 e. The molecule has 1 aromatic rings. The summed E-state index contributed by atoms with van der Waals surface area (Å²) in [6.45, 7) is 1.89. The normalized spacial score (nSPS) is 10.4. The van der Waals surface area contributed by atoms with Crippen LogP contribution in [0.2, 0.25) is 0 Å². The summed E-state index contributed by atoms with van der Waals surface area (Å²) in [5, 5.41) is 8.92. The number of carbonyl (C=O) groups is 1. The zero-order chi connectivity index (χ0) is 13.0. The monoisotopic (exact) mass is 246 g/mol. The predicted octanol–water partition coefficient (Wildman–Crippen LogP) is 2.73. The van der Waals surface area contributed by atoms with Crippen molar-refractivity contribution in [1.82, 2.24) is 0 Å². The van der Waals surface area contributed by atoms with Crippen LogP contribution in [0.1, 0.15) is 29.3 Å². The summed E-state index contributed by atoms with van der Waals surface area (Å²) in [4.78, 5) is 10.9. The van der Waals surface area contributed by atoms with Gasteiger partial charge in [-0.15, -0.1) is 0 Å². The Morgan fingerprint density at radius 2 is 2.12 bits per heavy atom. The number of carboxylic acid groups (broad SMARTS) is 1. The van der Waals surface area contributed by atoms with E-state index in [0.29, 0.717) is 0 Å². The lowest BCUT2D eigenvalue weighted by Gasteiger charge is -2.13. The number of hydrogen-bond acceptors (Lipinski definition) is 3. The Labute approximate surface area is 96.8 Å². The fourth-order valence-corrected chi connectivity index (χ4v) is 1.38. The number of benzene rings is 1. The molecule has 0 atom stereocenters. The van der Waals surface area contributed by atoms with Crippen LogP contribution in [0.15, 0.2) is 12.1 Å². The van der Waals surface area contributed by atoms with Gasteiger partial charge >= 0.3 is 5.97 Å². The van der Waals surface area contributed by atoms with Crippen LogP contribution in [0.4, 0.5) is 8.78 Å². The van der Waals surface area contributed by atoms with Crippen molar-refractivity contribution < 1.29 is 28.2 Å². The van der Waals surface area contributed by atoms with Crippen molar-refractivity contribution >= 4 is 5.97 Å². The summed E-state index contributed by atoms with van der Waals surface area (Å²) in [6.07, 6.45) is -2.77. The number of alkyl halides is 2. The minimum atomic E-state index is -2.77. The van der Waals surface area contributed by atoms with Crippen molar-refractivity contribution in [2.45, 2.75) is 13.3 Å². The second-order valence-electron chi connectivity index (χ2n) is 3.14. The van der Waals surface area contributed by atoms with Crippen molar-refractivity contribution in [3.05, 3.63) is 23.3 Å². The van der Waals surface area contributed by atoms with E-state index in [1.54, 1.807) is 6.92 Å². The maximum atomic E-state index is 12.6. The first kappa shape index (κ1) is 13.2. The van der Waals surface area contributed by atoms with Crippen LogP contribution in [0.3, 0.4) is 0 Å². The van der Waals surface area contributed by atoms with Crippen molar-refractivity contribution in [2.24, 2.45) is 0 Å². The van der Waals surface area contributed by atoms with E-state index in [4.69, 9.17) is 14.6 Å². The topological polar surface area (TPSA) is 55.8 Å². The van der Waals surface area contributed by atoms with E-state index in [1.807, 2.05) is 0 Å². The van der Waals surface area contributed by atoms with E-state index in [9.17, 15) is 13.6 Å². The lowest BCUT2D eigenvalue weighted by Crippen LogP contribution is -2.05. The second-order valence-corrected chi connectivity index (χ2v) is 3.14. The zero-order valence-electron chi connectivity index (χ0n) is 9.37. The van der Waals surface area contributed by atoms with Gasteiger partial charge in [0, 0.05) is 5.56 Å². The number of hydrogen-bond donors (Lipinski definition) is 1. The average molecular weight is 246 g/mol.